The number of carboxylic acids is 1. The highest BCUT2D eigenvalue weighted by Gasteiger charge is 2.33. The Morgan fingerprint density at radius 3 is 2.57 bits per heavy atom. The molecule has 21 heavy (non-hydrogen) atoms. The van der Waals surface area contributed by atoms with E-state index in [-0.39, 0.29) is 17.4 Å². The number of carboxylic acid groups (broad SMARTS) is 1. The van der Waals surface area contributed by atoms with Crippen LogP contribution in [0.1, 0.15) is 32.7 Å². The second-order valence-electron chi connectivity index (χ2n) is 5.12. The summed E-state index contributed by atoms with van der Waals surface area (Å²) in [6, 6.07) is 14.5. The van der Waals surface area contributed by atoms with Crippen LogP contribution in [0.5, 0.6) is 0 Å². The van der Waals surface area contributed by atoms with Gasteiger partial charge in [-0.2, -0.15) is 0 Å². The van der Waals surface area contributed by atoms with Crippen molar-refractivity contribution < 1.29 is 14.7 Å². The summed E-state index contributed by atoms with van der Waals surface area (Å²) in [4.78, 5) is 23.6. The van der Waals surface area contributed by atoms with Gasteiger partial charge >= 0.3 is 5.97 Å². The van der Waals surface area contributed by atoms with Gasteiger partial charge in [-0.15, -0.1) is 0 Å². The summed E-state index contributed by atoms with van der Waals surface area (Å²) in [6.07, 6.45) is 1.43. The maximum atomic E-state index is 12.4. The summed E-state index contributed by atoms with van der Waals surface area (Å²) < 4.78 is 0. The van der Waals surface area contributed by atoms with Crippen molar-refractivity contribution in [1.29, 1.82) is 0 Å². The Bertz CT molecular complexity index is 694. The summed E-state index contributed by atoms with van der Waals surface area (Å²) in [7, 11) is 0. The number of aryl methyl sites for hydroxylation is 1. The molecule has 0 unspecified atom stereocenters. The fourth-order valence-electron chi connectivity index (χ4n) is 2.70. The zero-order valence-corrected chi connectivity index (χ0v) is 11.4. The van der Waals surface area contributed by atoms with Gasteiger partial charge < -0.3 is 10.4 Å². The first-order chi connectivity index (χ1) is 10.2. The third kappa shape index (κ3) is 2.52. The molecule has 2 aromatic carbocycles. The van der Waals surface area contributed by atoms with E-state index in [0.717, 1.165) is 6.42 Å². The van der Waals surface area contributed by atoms with Crippen molar-refractivity contribution in [3.05, 3.63) is 65.2 Å². The van der Waals surface area contributed by atoms with E-state index in [4.69, 9.17) is 0 Å². The van der Waals surface area contributed by atoms with E-state index < -0.39 is 5.97 Å². The Labute approximate surface area is 122 Å². The highest BCUT2D eigenvalue weighted by Crippen LogP contribution is 2.30. The molecule has 0 radical (unpaired) electrons. The second kappa shape index (κ2) is 5.40. The number of benzene rings is 2. The van der Waals surface area contributed by atoms with Crippen LogP contribution >= 0.6 is 0 Å². The number of hydrogen-bond donors (Lipinski definition) is 2. The van der Waals surface area contributed by atoms with Crippen LogP contribution in [0, 0.1) is 0 Å². The van der Waals surface area contributed by atoms with Crippen LogP contribution in [-0.2, 0) is 6.42 Å². The molecule has 1 heterocycles. The van der Waals surface area contributed by atoms with Crippen molar-refractivity contribution in [2.75, 3.05) is 5.32 Å². The molecule has 2 N–H and O–H groups in total. The predicted octanol–water partition coefficient (Wildman–Crippen LogP) is 2.99. The molecule has 3 rings (SSSR count). The van der Waals surface area contributed by atoms with Crippen LogP contribution in [-0.4, -0.2) is 22.9 Å². The fraction of sp³-hybridized carbons (Fsp3) is 0.176. The monoisotopic (exact) mass is 281 g/mol. The minimum atomic E-state index is -1.06. The van der Waals surface area contributed by atoms with Gasteiger partial charge in [0.1, 0.15) is 0 Å². The van der Waals surface area contributed by atoms with Crippen LogP contribution in [0.3, 0.4) is 0 Å². The molecule has 0 amide bonds. The van der Waals surface area contributed by atoms with Crippen LogP contribution in [0.15, 0.2) is 48.5 Å². The first-order valence-electron chi connectivity index (χ1n) is 6.88. The number of rotatable bonds is 4. The van der Waals surface area contributed by atoms with Crippen molar-refractivity contribution in [2.24, 2.45) is 0 Å². The lowest BCUT2D eigenvalue weighted by Crippen LogP contribution is -2.23. The van der Waals surface area contributed by atoms with Crippen molar-refractivity contribution in [3.63, 3.8) is 0 Å². The molecule has 0 spiro atoms. The number of fused-ring (bicyclic) bond motifs is 1. The zero-order chi connectivity index (χ0) is 14.8. The SMILES string of the molecule is O=C(O)c1cccc2c1C(=O)[C@@H](CCc1ccccc1)N2. The number of hydrogen-bond acceptors (Lipinski definition) is 3. The Kier molecular flexibility index (Phi) is 3.44. The van der Waals surface area contributed by atoms with Crippen LogP contribution < -0.4 is 5.32 Å². The van der Waals surface area contributed by atoms with Gasteiger partial charge in [0.25, 0.3) is 0 Å². The number of ketones is 1. The molecule has 0 saturated carbocycles. The molecule has 106 valence electrons. The molecule has 4 nitrogen and oxygen atoms in total. The van der Waals surface area contributed by atoms with Gasteiger partial charge in [0.2, 0.25) is 0 Å². The van der Waals surface area contributed by atoms with E-state index in [0.29, 0.717) is 17.7 Å². The summed E-state index contributed by atoms with van der Waals surface area (Å²) >= 11 is 0. The quantitative estimate of drug-likeness (QED) is 0.904. The topological polar surface area (TPSA) is 66.4 Å². The van der Waals surface area contributed by atoms with Crippen LogP contribution in [0.2, 0.25) is 0 Å². The van der Waals surface area contributed by atoms with Crippen molar-refractivity contribution in [1.82, 2.24) is 0 Å². The molecular formula is C17H15NO3. The number of carbonyl (C=O) groups excluding carboxylic acids is 1. The van der Waals surface area contributed by atoms with Gasteiger partial charge in [-0.05, 0) is 30.5 Å². The molecule has 0 aliphatic carbocycles. The van der Waals surface area contributed by atoms with Crippen LogP contribution in [0.25, 0.3) is 0 Å². The molecule has 1 aliphatic heterocycles. The molecule has 4 heteroatoms. The first kappa shape index (κ1) is 13.4. The summed E-state index contributed by atoms with van der Waals surface area (Å²) in [5, 5.41) is 12.3. The average Bonchev–Trinajstić information content (AvgIpc) is 2.83. The van der Waals surface area contributed by atoms with E-state index in [1.807, 2.05) is 30.3 Å². The van der Waals surface area contributed by atoms with E-state index in [1.165, 1.54) is 11.6 Å². The van der Waals surface area contributed by atoms with E-state index >= 15 is 0 Å². The number of anilines is 1. The van der Waals surface area contributed by atoms with E-state index in [1.54, 1.807) is 12.1 Å². The minimum Gasteiger partial charge on any atom is -0.478 e. The molecule has 1 atom stereocenters. The van der Waals surface area contributed by atoms with Gasteiger partial charge in [-0.1, -0.05) is 36.4 Å². The second-order valence-corrected chi connectivity index (χ2v) is 5.12. The molecular weight excluding hydrogens is 266 g/mol. The molecule has 0 aromatic heterocycles. The average molecular weight is 281 g/mol. The summed E-state index contributed by atoms with van der Waals surface area (Å²) in [6.45, 7) is 0. The van der Waals surface area contributed by atoms with E-state index in [9.17, 15) is 14.7 Å². The van der Waals surface area contributed by atoms with E-state index in [2.05, 4.69) is 5.32 Å². The fourth-order valence-corrected chi connectivity index (χ4v) is 2.70. The first-order valence-corrected chi connectivity index (χ1v) is 6.88. The van der Waals surface area contributed by atoms with Crippen LogP contribution in [0.4, 0.5) is 5.69 Å². The highest BCUT2D eigenvalue weighted by molar-refractivity contribution is 6.16. The number of carbonyl (C=O) groups is 2. The van der Waals surface area contributed by atoms with Crippen molar-refractivity contribution in [3.8, 4) is 0 Å². The molecule has 0 fully saturated rings. The third-order valence-electron chi connectivity index (χ3n) is 3.75. The lowest BCUT2D eigenvalue weighted by Gasteiger charge is -2.09. The number of nitrogens with one attached hydrogen (secondary N) is 1. The lowest BCUT2D eigenvalue weighted by molar-refractivity contribution is 0.0692. The largest absolute Gasteiger partial charge is 0.478 e. The standard InChI is InChI=1S/C17H15NO3/c19-16-14(10-9-11-5-2-1-3-6-11)18-13-8-4-7-12(15(13)16)17(20)21/h1-8,14,18H,9-10H2,(H,20,21)/t14-/m1/s1. The third-order valence-corrected chi connectivity index (χ3v) is 3.75. The Morgan fingerprint density at radius 2 is 1.86 bits per heavy atom. The van der Waals surface area contributed by atoms with Gasteiger partial charge in [0, 0.05) is 5.69 Å². The van der Waals surface area contributed by atoms with Gasteiger partial charge in [0.05, 0.1) is 17.2 Å². The number of Topliss-reactive ketones (excluding diaryl/α,β-unsaturated/α-hetero) is 1. The normalized spacial score (nSPS) is 16.4. The smallest absolute Gasteiger partial charge is 0.336 e. The van der Waals surface area contributed by atoms with Gasteiger partial charge in [0.15, 0.2) is 5.78 Å². The lowest BCUT2D eigenvalue weighted by atomic mass is 9.98. The molecule has 1 aliphatic rings. The van der Waals surface area contributed by atoms with Gasteiger partial charge in [-0.3, -0.25) is 4.79 Å². The molecule has 2 aromatic rings. The zero-order valence-electron chi connectivity index (χ0n) is 11.4. The van der Waals surface area contributed by atoms with Gasteiger partial charge in [-0.25, -0.2) is 4.79 Å². The number of aromatic carboxylic acids is 1. The van der Waals surface area contributed by atoms with Crippen molar-refractivity contribution >= 4 is 17.4 Å². The Hall–Kier alpha value is -2.62. The van der Waals surface area contributed by atoms with Crippen molar-refractivity contribution in [2.45, 2.75) is 18.9 Å². The Balaban J connectivity index is 1.78. The minimum absolute atomic E-state index is 0.0761. The summed E-state index contributed by atoms with van der Waals surface area (Å²) in [5.74, 6) is -1.19. The maximum absolute atomic E-state index is 12.4. The predicted molar refractivity (Wildman–Crippen MR) is 79.9 cm³/mol. The highest BCUT2D eigenvalue weighted by atomic mass is 16.4. The maximum Gasteiger partial charge on any atom is 0.336 e. The molecule has 0 saturated heterocycles. The summed E-state index contributed by atoms with van der Waals surface area (Å²) in [5.41, 5.74) is 2.18. The Morgan fingerprint density at radius 1 is 1.10 bits per heavy atom. The molecule has 0 bridgehead atoms.